The SMILES string of the molecule is CNS(=O)(=O)c1ccc(NCCNC(C)=O)c([N+](=O)[O-])c1. The van der Waals surface area contributed by atoms with Crippen LogP contribution in [0.3, 0.4) is 0 Å². The Morgan fingerprint density at radius 3 is 2.52 bits per heavy atom. The summed E-state index contributed by atoms with van der Waals surface area (Å²) in [5.74, 6) is -0.207. The molecule has 0 atom stereocenters. The first-order valence-electron chi connectivity index (χ1n) is 5.98. The van der Waals surface area contributed by atoms with Gasteiger partial charge in [0.05, 0.1) is 9.82 Å². The van der Waals surface area contributed by atoms with E-state index in [0.29, 0.717) is 6.54 Å². The van der Waals surface area contributed by atoms with Crippen LogP contribution in [0.25, 0.3) is 0 Å². The largest absolute Gasteiger partial charge is 0.378 e. The molecule has 0 saturated heterocycles. The maximum atomic E-state index is 11.6. The van der Waals surface area contributed by atoms with E-state index in [1.807, 2.05) is 0 Å². The lowest BCUT2D eigenvalue weighted by Crippen LogP contribution is -2.26. The molecule has 1 amide bonds. The summed E-state index contributed by atoms with van der Waals surface area (Å²) in [6.45, 7) is 1.93. The number of amides is 1. The summed E-state index contributed by atoms with van der Waals surface area (Å²) in [5.41, 5.74) is -0.172. The predicted molar refractivity (Wildman–Crippen MR) is 76.5 cm³/mol. The zero-order valence-corrected chi connectivity index (χ0v) is 12.4. The second kappa shape index (κ2) is 6.99. The molecule has 0 aliphatic rings. The molecule has 1 rings (SSSR count). The third kappa shape index (κ3) is 4.68. The van der Waals surface area contributed by atoms with Crippen LogP contribution in [0.4, 0.5) is 11.4 Å². The molecule has 0 fully saturated rings. The van der Waals surface area contributed by atoms with E-state index in [9.17, 15) is 23.3 Å². The molecule has 0 bridgehead atoms. The molecular formula is C11H16N4O5S. The lowest BCUT2D eigenvalue weighted by molar-refractivity contribution is -0.384. The van der Waals surface area contributed by atoms with Gasteiger partial charge in [-0.1, -0.05) is 0 Å². The van der Waals surface area contributed by atoms with Gasteiger partial charge in [0.25, 0.3) is 5.69 Å². The first kappa shape index (κ1) is 16.9. The molecule has 0 unspecified atom stereocenters. The van der Waals surface area contributed by atoms with Gasteiger partial charge in [0.1, 0.15) is 5.69 Å². The molecule has 10 heteroatoms. The Hall–Kier alpha value is -2.20. The lowest BCUT2D eigenvalue weighted by atomic mass is 10.2. The van der Waals surface area contributed by atoms with Crippen LogP contribution in [0.1, 0.15) is 6.92 Å². The topological polar surface area (TPSA) is 130 Å². The number of benzene rings is 1. The van der Waals surface area contributed by atoms with Gasteiger partial charge < -0.3 is 10.6 Å². The fourth-order valence-corrected chi connectivity index (χ4v) is 2.28. The maximum absolute atomic E-state index is 11.6. The number of carbonyl (C=O) groups is 1. The van der Waals surface area contributed by atoms with Crippen molar-refractivity contribution in [2.45, 2.75) is 11.8 Å². The number of rotatable bonds is 7. The van der Waals surface area contributed by atoms with Crippen LogP contribution in [-0.4, -0.2) is 39.4 Å². The monoisotopic (exact) mass is 316 g/mol. The van der Waals surface area contributed by atoms with E-state index >= 15 is 0 Å². The summed E-state index contributed by atoms with van der Waals surface area (Å²) in [6, 6.07) is 3.56. The number of carbonyl (C=O) groups excluding carboxylic acids is 1. The number of anilines is 1. The smallest absolute Gasteiger partial charge is 0.293 e. The molecule has 0 radical (unpaired) electrons. The highest BCUT2D eigenvalue weighted by molar-refractivity contribution is 7.89. The van der Waals surface area contributed by atoms with Crippen LogP contribution < -0.4 is 15.4 Å². The molecule has 1 aromatic carbocycles. The number of nitro groups is 1. The third-order valence-corrected chi connectivity index (χ3v) is 3.97. The number of sulfonamides is 1. The van der Waals surface area contributed by atoms with Gasteiger partial charge in [0.2, 0.25) is 15.9 Å². The Morgan fingerprint density at radius 1 is 1.33 bits per heavy atom. The van der Waals surface area contributed by atoms with Crippen molar-refractivity contribution in [1.29, 1.82) is 0 Å². The van der Waals surface area contributed by atoms with E-state index < -0.39 is 14.9 Å². The molecule has 1 aromatic rings. The van der Waals surface area contributed by atoms with Crippen molar-refractivity contribution in [3.8, 4) is 0 Å². The highest BCUT2D eigenvalue weighted by Gasteiger charge is 2.20. The number of nitrogens with zero attached hydrogens (tertiary/aromatic N) is 1. The fourth-order valence-electron chi connectivity index (χ4n) is 1.53. The van der Waals surface area contributed by atoms with Crippen LogP contribution >= 0.6 is 0 Å². The maximum Gasteiger partial charge on any atom is 0.293 e. The number of nitro benzene ring substituents is 1. The van der Waals surface area contributed by atoms with Gasteiger partial charge in [-0.2, -0.15) is 0 Å². The molecule has 116 valence electrons. The average molecular weight is 316 g/mol. The van der Waals surface area contributed by atoms with Crippen molar-refractivity contribution in [3.63, 3.8) is 0 Å². The van der Waals surface area contributed by atoms with E-state index in [1.54, 1.807) is 0 Å². The zero-order chi connectivity index (χ0) is 16.0. The minimum Gasteiger partial charge on any atom is -0.378 e. The van der Waals surface area contributed by atoms with E-state index in [2.05, 4.69) is 15.4 Å². The highest BCUT2D eigenvalue weighted by atomic mass is 32.2. The van der Waals surface area contributed by atoms with Gasteiger partial charge in [0, 0.05) is 26.1 Å². The quantitative estimate of drug-likeness (QED) is 0.370. The van der Waals surface area contributed by atoms with Crippen molar-refractivity contribution in [2.75, 3.05) is 25.5 Å². The van der Waals surface area contributed by atoms with E-state index in [-0.39, 0.29) is 28.7 Å². The molecule has 3 N–H and O–H groups in total. The molecule has 9 nitrogen and oxygen atoms in total. The van der Waals surface area contributed by atoms with Gasteiger partial charge in [-0.05, 0) is 19.2 Å². The minimum atomic E-state index is -3.75. The van der Waals surface area contributed by atoms with Crippen molar-refractivity contribution in [1.82, 2.24) is 10.0 Å². The fraction of sp³-hybridized carbons (Fsp3) is 0.364. The normalized spacial score (nSPS) is 11.0. The van der Waals surface area contributed by atoms with Crippen LogP contribution in [0.15, 0.2) is 23.1 Å². The van der Waals surface area contributed by atoms with Gasteiger partial charge in [0.15, 0.2) is 0 Å². The Morgan fingerprint density at radius 2 is 2.00 bits per heavy atom. The molecular weight excluding hydrogens is 300 g/mol. The summed E-state index contributed by atoms with van der Waals surface area (Å²) in [4.78, 5) is 20.8. The van der Waals surface area contributed by atoms with Gasteiger partial charge in [-0.25, -0.2) is 13.1 Å². The third-order valence-electron chi connectivity index (χ3n) is 2.56. The zero-order valence-electron chi connectivity index (χ0n) is 11.5. The van der Waals surface area contributed by atoms with Crippen molar-refractivity contribution in [3.05, 3.63) is 28.3 Å². The van der Waals surface area contributed by atoms with Crippen molar-refractivity contribution >= 4 is 27.3 Å². The standard InChI is InChI=1S/C11H16N4O5S/c1-8(16)13-5-6-14-10-4-3-9(21(19,20)12-2)7-11(10)15(17)18/h3-4,7,12,14H,5-6H2,1-2H3,(H,13,16). The van der Waals surface area contributed by atoms with E-state index in [4.69, 9.17) is 0 Å². The molecule has 0 aliphatic carbocycles. The Labute approximate surface area is 121 Å². The van der Waals surface area contributed by atoms with Gasteiger partial charge in [-0.3, -0.25) is 14.9 Å². The second-order valence-corrected chi connectivity index (χ2v) is 5.94. The Balaban J connectivity index is 2.95. The highest BCUT2D eigenvalue weighted by Crippen LogP contribution is 2.27. The van der Waals surface area contributed by atoms with Gasteiger partial charge >= 0.3 is 0 Å². The minimum absolute atomic E-state index is 0.181. The van der Waals surface area contributed by atoms with Crippen LogP contribution in [0, 0.1) is 10.1 Å². The van der Waals surface area contributed by atoms with Crippen molar-refractivity contribution in [2.24, 2.45) is 0 Å². The summed E-state index contributed by atoms with van der Waals surface area (Å²) in [6.07, 6.45) is 0. The van der Waals surface area contributed by atoms with Crippen LogP contribution in [0.5, 0.6) is 0 Å². The van der Waals surface area contributed by atoms with Crippen LogP contribution in [-0.2, 0) is 14.8 Å². The molecule has 0 spiro atoms. The van der Waals surface area contributed by atoms with Crippen LogP contribution in [0.2, 0.25) is 0 Å². The lowest BCUT2D eigenvalue weighted by Gasteiger charge is -2.09. The van der Waals surface area contributed by atoms with E-state index in [0.717, 1.165) is 6.07 Å². The summed E-state index contributed by atoms with van der Waals surface area (Å²) in [5, 5.41) is 16.3. The molecule has 0 heterocycles. The van der Waals surface area contributed by atoms with E-state index in [1.165, 1.54) is 26.1 Å². The van der Waals surface area contributed by atoms with Gasteiger partial charge in [-0.15, -0.1) is 0 Å². The predicted octanol–water partition coefficient (Wildman–Crippen LogP) is 0.0509. The first-order chi connectivity index (χ1) is 9.77. The molecule has 0 aromatic heterocycles. The Kier molecular flexibility index (Phi) is 5.61. The second-order valence-electron chi connectivity index (χ2n) is 4.05. The first-order valence-corrected chi connectivity index (χ1v) is 7.46. The molecule has 0 aliphatic heterocycles. The number of hydrogen-bond acceptors (Lipinski definition) is 6. The van der Waals surface area contributed by atoms with Crippen molar-refractivity contribution < 1.29 is 18.1 Å². The average Bonchev–Trinajstić information content (AvgIpc) is 2.43. The summed E-state index contributed by atoms with van der Waals surface area (Å²) < 4.78 is 25.3. The number of nitrogens with one attached hydrogen (secondary N) is 3. The summed E-state index contributed by atoms with van der Waals surface area (Å²) in [7, 11) is -2.52. The molecule has 0 saturated carbocycles. The number of hydrogen-bond donors (Lipinski definition) is 3. The molecule has 21 heavy (non-hydrogen) atoms. The Bertz CT molecular complexity index is 644. The summed E-state index contributed by atoms with van der Waals surface area (Å²) >= 11 is 0.